The summed E-state index contributed by atoms with van der Waals surface area (Å²) in [6.07, 6.45) is 7.05. The third-order valence-corrected chi connectivity index (χ3v) is 8.81. The molecule has 0 radical (unpaired) electrons. The number of carbonyl (C=O) groups excluding carboxylic acids is 2. The van der Waals surface area contributed by atoms with Crippen LogP contribution in [0.3, 0.4) is 0 Å². The molecule has 41 heavy (non-hydrogen) atoms. The largest absolute Gasteiger partial charge is 0.416 e. The molecule has 2 saturated heterocycles. The first-order valence-corrected chi connectivity index (χ1v) is 15.6. The number of rotatable bonds is 9. The number of nitrogens with zero attached hydrogens (tertiary/aromatic N) is 5. The molecule has 4 heterocycles. The molecule has 9 nitrogen and oxygen atoms in total. The standard InChI is InChI=1S/C31H40N6O3S/c1-3-28-6-4-5-14-37(28)21-24-7-9-25(10-8-24)30(38)34-26-11-12-29(32-20-26)40-31(39)36-18-16-35(17-19-36)15-13-27-22-41-23(2)33-27/h7-12,20,22,28H,3-6,13-19,21H2,1-2H3,(H,34,38). The SMILES string of the molecule is CCC1CCCCN1Cc1ccc(C(=O)Nc2ccc(OC(=O)N3CCN(CCc4csc(C)n4)CC3)nc2)cc1. The van der Waals surface area contributed by atoms with Crippen molar-refractivity contribution < 1.29 is 14.3 Å². The van der Waals surface area contributed by atoms with Gasteiger partial charge in [0.1, 0.15) is 0 Å². The normalized spacial score (nSPS) is 18.3. The molecule has 5 rings (SSSR count). The number of carbonyl (C=O) groups is 2. The monoisotopic (exact) mass is 576 g/mol. The third kappa shape index (κ3) is 8.12. The molecule has 0 saturated carbocycles. The molecule has 2 amide bonds. The fraction of sp³-hybridized carbons (Fsp3) is 0.484. The second-order valence-corrected chi connectivity index (χ2v) is 11.9. The van der Waals surface area contributed by atoms with Gasteiger partial charge in [-0.3, -0.25) is 14.6 Å². The summed E-state index contributed by atoms with van der Waals surface area (Å²) in [4.78, 5) is 40.8. The van der Waals surface area contributed by atoms with Crippen molar-refractivity contribution in [1.82, 2.24) is 24.7 Å². The minimum absolute atomic E-state index is 0.199. The maximum atomic E-state index is 12.8. The van der Waals surface area contributed by atoms with Gasteiger partial charge in [-0.1, -0.05) is 25.5 Å². The molecule has 2 aromatic heterocycles. The summed E-state index contributed by atoms with van der Waals surface area (Å²) in [5, 5.41) is 6.08. The highest BCUT2D eigenvalue weighted by molar-refractivity contribution is 7.09. The van der Waals surface area contributed by atoms with Crippen LogP contribution in [0.15, 0.2) is 48.0 Å². The van der Waals surface area contributed by atoms with Crippen molar-refractivity contribution in [2.45, 2.75) is 58.5 Å². The minimum atomic E-state index is -0.404. The molecular weight excluding hydrogens is 536 g/mol. The van der Waals surface area contributed by atoms with E-state index in [4.69, 9.17) is 4.74 Å². The number of thiazole rings is 1. The fourth-order valence-corrected chi connectivity index (χ4v) is 6.20. The molecule has 3 aromatic rings. The molecule has 218 valence electrons. The van der Waals surface area contributed by atoms with Crippen LogP contribution >= 0.6 is 11.3 Å². The predicted octanol–water partition coefficient (Wildman–Crippen LogP) is 5.22. The number of hydrogen-bond acceptors (Lipinski definition) is 8. The highest BCUT2D eigenvalue weighted by Crippen LogP contribution is 2.22. The maximum absolute atomic E-state index is 12.8. The zero-order valence-corrected chi connectivity index (χ0v) is 24.9. The lowest BCUT2D eigenvalue weighted by Crippen LogP contribution is -2.50. The molecule has 10 heteroatoms. The zero-order valence-electron chi connectivity index (χ0n) is 24.1. The second kappa shape index (κ2) is 14.0. The Morgan fingerprint density at radius 2 is 1.85 bits per heavy atom. The molecule has 1 unspecified atom stereocenters. The van der Waals surface area contributed by atoms with Crippen LogP contribution < -0.4 is 10.1 Å². The first-order valence-electron chi connectivity index (χ1n) is 14.7. The average molecular weight is 577 g/mol. The number of nitrogens with one attached hydrogen (secondary N) is 1. The van der Waals surface area contributed by atoms with Crippen molar-refractivity contribution in [3.63, 3.8) is 0 Å². The van der Waals surface area contributed by atoms with Gasteiger partial charge in [0.2, 0.25) is 5.88 Å². The number of aryl methyl sites for hydroxylation is 1. The average Bonchev–Trinajstić information content (AvgIpc) is 3.42. The van der Waals surface area contributed by atoms with Gasteiger partial charge < -0.3 is 15.0 Å². The quantitative estimate of drug-likeness (QED) is 0.373. The maximum Gasteiger partial charge on any atom is 0.416 e. The number of anilines is 1. The van der Waals surface area contributed by atoms with Crippen molar-refractivity contribution in [2.24, 2.45) is 0 Å². The van der Waals surface area contributed by atoms with Crippen molar-refractivity contribution in [1.29, 1.82) is 0 Å². The van der Waals surface area contributed by atoms with Gasteiger partial charge in [0.15, 0.2) is 0 Å². The zero-order chi connectivity index (χ0) is 28.6. The Morgan fingerprint density at radius 1 is 1.05 bits per heavy atom. The van der Waals surface area contributed by atoms with Gasteiger partial charge in [-0.25, -0.2) is 14.8 Å². The van der Waals surface area contributed by atoms with Crippen LogP contribution in [0.1, 0.15) is 59.2 Å². The van der Waals surface area contributed by atoms with Crippen molar-refractivity contribution >= 4 is 29.0 Å². The smallest absolute Gasteiger partial charge is 0.391 e. The number of benzene rings is 1. The van der Waals surface area contributed by atoms with Crippen molar-refractivity contribution in [2.75, 3.05) is 44.6 Å². The molecular formula is C31H40N6O3S. The summed E-state index contributed by atoms with van der Waals surface area (Å²) in [7, 11) is 0. The molecule has 2 fully saturated rings. The summed E-state index contributed by atoms with van der Waals surface area (Å²) in [6.45, 7) is 10.1. The number of likely N-dealkylation sites (tertiary alicyclic amines) is 1. The van der Waals surface area contributed by atoms with E-state index in [0.717, 1.165) is 49.8 Å². The molecule has 1 atom stereocenters. The molecule has 2 aliphatic heterocycles. The van der Waals surface area contributed by atoms with Crippen LogP contribution in [-0.4, -0.2) is 82.0 Å². The van der Waals surface area contributed by atoms with E-state index < -0.39 is 6.09 Å². The van der Waals surface area contributed by atoms with E-state index >= 15 is 0 Å². The van der Waals surface area contributed by atoms with E-state index in [1.165, 1.54) is 37.4 Å². The van der Waals surface area contributed by atoms with Gasteiger partial charge in [-0.2, -0.15) is 0 Å². The van der Waals surface area contributed by atoms with Crippen LogP contribution in [0, 0.1) is 6.92 Å². The Labute approximate surface area is 246 Å². The Hall–Kier alpha value is -3.34. The lowest BCUT2D eigenvalue weighted by atomic mass is 9.99. The number of pyridine rings is 1. The number of hydrogen-bond donors (Lipinski definition) is 1. The van der Waals surface area contributed by atoms with E-state index in [1.807, 2.05) is 31.2 Å². The highest BCUT2D eigenvalue weighted by Gasteiger charge is 2.23. The molecule has 1 N–H and O–H groups in total. The first-order chi connectivity index (χ1) is 20.0. The third-order valence-electron chi connectivity index (χ3n) is 7.99. The Balaban J connectivity index is 1.05. The highest BCUT2D eigenvalue weighted by atomic mass is 32.1. The lowest BCUT2D eigenvalue weighted by Gasteiger charge is -2.35. The minimum Gasteiger partial charge on any atom is -0.391 e. The van der Waals surface area contributed by atoms with Gasteiger partial charge in [0.25, 0.3) is 5.91 Å². The van der Waals surface area contributed by atoms with E-state index in [0.29, 0.717) is 30.4 Å². The Morgan fingerprint density at radius 3 is 2.54 bits per heavy atom. The van der Waals surface area contributed by atoms with Crippen LogP contribution in [-0.2, 0) is 13.0 Å². The molecule has 0 bridgehead atoms. The topological polar surface area (TPSA) is 90.9 Å². The Kier molecular flexibility index (Phi) is 9.97. The van der Waals surface area contributed by atoms with E-state index in [2.05, 4.69) is 37.4 Å². The number of piperazine rings is 1. The number of amides is 2. The molecule has 1 aromatic carbocycles. The van der Waals surface area contributed by atoms with E-state index in [-0.39, 0.29) is 11.8 Å². The fourth-order valence-electron chi connectivity index (χ4n) is 5.55. The van der Waals surface area contributed by atoms with Crippen LogP contribution in [0.4, 0.5) is 10.5 Å². The van der Waals surface area contributed by atoms with Gasteiger partial charge in [0.05, 0.1) is 22.6 Å². The number of ether oxygens (including phenoxy) is 1. The molecule has 0 spiro atoms. The van der Waals surface area contributed by atoms with Crippen molar-refractivity contribution in [3.05, 3.63) is 69.8 Å². The van der Waals surface area contributed by atoms with Gasteiger partial charge in [-0.15, -0.1) is 11.3 Å². The number of piperidine rings is 1. The van der Waals surface area contributed by atoms with Gasteiger partial charge in [-0.05, 0) is 56.5 Å². The van der Waals surface area contributed by atoms with E-state index in [1.54, 1.807) is 28.4 Å². The summed E-state index contributed by atoms with van der Waals surface area (Å²) < 4.78 is 5.49. The van der Waals surface area contributed by atoms with Crippen molar-refractivity contribution in [3.8, 4) is 5.88 Å². The van der Waals surface area contributed by atoms with Crippen LogP contribution in [0.25, 0.3) is 0 Å². The van der Waals surface area contributed by atoms with Crippen LogP contribution in [0.5, 0.6) is 5.88 Å². The van der Waals surface area contributed by atoms with Gasteiger partial charge >= 0.3 is 6.09 Å². The summed E-state index contributed by atoms with van der Waals surface area (Å²) in [6, 6.07) is 11.8. The summed E-state index contributed by atoms with van der Waals surface area (Å²) >= 11 is 1.68. The Bertz CT molecular complexity index is 1290. The second-order valence-electron chi connectivity index (χ2n) is 10.9. The first kappa shape index (κ1) is 29.2. The number of aromatic nitrogens is 2. The van der Waals surface area contributed by atoms with E-state index in [9.17, 15) is 9.59 Å². The summed E-state index contributed by atoms with van der Waals surface area (Å²) in [5.41, 5.74) is 3.49. The van der Waals surface area contributed by atoms with Gasteiger partial charge in [0, 0.05) is 68.7 Å². The van der Waals surface area contributed by atoms with Crippen LogP contribution in [0.2, 0.25) is 0 Å². The predicted molar refractivity (Wildman–Crippen MR) is 162 cm³/mol. The summed E-state index contributed by atoms with van der Waals surface area (Å²) in [5.74, 6) is 0.0112. The molecule has 2 aliphatic rings. The lowest BCUT2D eigenvalue weighted by molar-refractivity contribution is 0.102. The molecule has 0 aliphatic carbocycles.